The van der Waals surface area contributed by atoms with Crippen molar-refractivity contribution in [3.05, 3.63) is 29.8 Å². The van der Waals surface area contributed by atoms with Gasteiger partial charge in [0.1, 0.15) is 17.2 Å². The van der Waals surface area contributed by atoms with Gasteiger partial charge in [-0.2, -0.15) is 0 Å². The van der Waals surface area contributed by atoms with Crippen LogP contribution >= 0.6 is 0 Å². The predicted octanol–water partition coefficient (Wildman–Crippen LogP) is 5.33. The number of ether oxygens (including phenoxy) is 3. The fourth-order valence-corrected chi connectivity index (χ4v) is 7.53. The molecule has 2 atom stereocenters. The molecular weight excluding hydrogens is 681 g/mol. The van der Waals surface area contributed by atoms with Gasteiger partial charge >= 0.3 is 175 Å². The number of hydrogen-bond donors (Lipinski definition) is 3. The summed E-state index contributed by atoms with van der Waals surface area (Å²) in [7, 11) is 0. The summed E-state index contributed by atoms with van der Waals surface area (Å²) in [6, 6.07) is 6.60. The number of amides is 2. The van der Waals surface area contributed by atoms with Crippen molar-refractivity contribution in [1.82, 2.24) is 16.0 Å². The van der Waals surface area contributed by atoms with Gasteiger partial charge in [-0.15, -0.1) is 0 Å². The summed E-state index contributed by atoms with van der Waals surface area (Å²) in [6.07, 6.45) is 1.79. The van der Waals surface area contributed by atoms with Crippen LogP contribution in [0.15, 0.2) is 24.3 Å². The van der Waals surface area contributed by atoms with E-state index in [4.69, 9.17) is 14.2 Å². The predicted molar refractivity (Wildman–Crippen MR) is 181 cm³/mol. The fraction of sp³-hybridized carbons (Fsp3) is 0.706. The van der Waals surface area contributed by atoms with E-state index >= 15 is 0 Å². The number of esters is 3. The average Bonchev–Trinajstić information content (AvgIpc) is 2.84. The number of urea groups is 1. The minimum absolute atomic E-state index is 0.0440. The third kappa shape index (κ3) is 19.0. The van der Waals surface area contributed by atoms with Crippen LogP contribution in [0, 0.1) is 0 Å². The molecule has 0 aliphatic rings. The second-order valence-corrected chi connectivity index (χ2v) is 30.0. The first-order valence-electron chi connectivity index (χ1n) is 16.0. The van der Waals surface area contributed by atoms with Gasteiger partial charge in [0.25, 0.3) is 0 Å². The van der Waals surface area contributed by atoms with E-state index < -0.39 is 65.2 Å². The molecule has 1 rings (SSSR count). The Hall–Kier alpha value is -2.34. The van der Waals surface area contributed by atoms with E-state index in [1.807, 2.05) is 20.8 Å². The van der Waals surface area contributed by atoms with Crippen LogP contribution in [0.1, 0.15) is 100.0 Å². The summed E-state index contributed by atoms with van der Waals surface area (Å²) < 4.78 is 17.9. The zero-order valence-corrected chi connectivity index (χ0v) is 32.6. The van der Waals surface area contributed by atoms with Gasteiger partial charge in [-0.05, 0) is 48.0 Å². The van der Waals surface area contributed by atoms with E-state index in [1.165, 1.54) is 3.58 Å². The van der Waals surface area contributed by atoms with Crippen LogP contribution in [0.2, 0.25) is 14.8 Å². The largest absolute Gasteiger partial charge is 0.458 e. The normalized spacial score (nSPS) is 13.8. The van der Waals surface area contributed by atoms with Gasteiger partial charge in [0, 0.05) is 6.42 Å². The summed E-state index contributed by atoms with van der Waals surface area (Å²) in [4.78, 5) is 57.8. The molecular formula is C34H59N3O7Sn. The molecule has 1 aromatic rings. The molecule has 3 N–H and O–H groups in total. The second kappa shape index (κ2) is 17.5. The third-order valence-corrected chi connectivity index (χ3v) is 12.2. The summed E-state index contributed by atoms with van der Waals surface area (Å²) >= 11 is -2.14. The van der Waals surface area contributed by atoms with E-state index in [2.05, 4.69) is 55.0 Å². The van der Waals surface area contributed by atoms with E-state index in [0.717, 1.165) is 5.56 Å². The maximum Gasteiger partial charge on any atom is 0.329 e. The van der Waals surface area contributed by atoms with Crippen LogP contribution in [-0.4, -0.2) is 77.7 Å². The van der Waals surface area contributed by atoms with Crippen LogP contribution in [0.4, 0.5) is 4.79 Å². The van der Waals surface area contributed by atoms with Crippen LogP contribution in [0.25, 0.3) is 0 Å². The van der Waals surface area contributed by atoms with Gasteiger partial charge in [-0.25, -0.2) is 9.59 Å². The van der Waals surface area contributed by atoms with Crippen molar-refractivity contribution in [3.63, 3.8) is 0 Å². The van der Waals surface area contributed by atoms with Gasteiger partial charge in [0.2, 0.25) is 0 Å². The number of nitrogens with one attached hydrogen (secondary N) is 3. The quantitative estimate of drug-likeness (QED) is 0.0952. The molecule has 0 heterocycles. The topological polar surface area (TPSA) is 132 Å². The molecule has 0 aliphatic heterocycles. The summed E-state index contributed by atoms with van der Waals surface area (Å²) in [5, 5.41) is 8.77. The maximum atomic E-state index is 13.0. The molecule has 0 saturated heterocycles. The Morgan fingerprint density at radius 3 is 1.71 bits per heavy atom. The minimum atomic E-state index is -2.14. The number of hydrogen-bond acceptors (Lipinski definition) is 8. The number of benzene rings is 1. The standard InChI is InChI=1S/C31H50N3O7.3CH3.Sn/c1-29(2,3)39-25(35)19-18-24(27(37)41-31(7,8)9)34-28(38)32-20-14-13-17-23(26(36)40-30(4,5)6)33-21-22-15-11-10-12-16-22;;;;/h11-12,15-16,23-24,33H,13-14,17-21H2,1-9H3,(H2,32,34,38);3*1H3;. The first-order chi connectivity index (χ1) is 20.4. The minimum Gasteiger partial charge on any atom is -0.458 e. The zero-order chi connectivity index (χ0) is 34.6. The number of carbonyl (C=O) groups excluding carboxylic acids is 4. The summed E-state index contributed by atoms with van der Waals surface area (Å²) in [5.41, 5.74) is -0.906. The van der Waals surface area contributed by atoms with Gasteiger partial charge < -0.3 is 14.8 Å². The Morgan fingerprint density at radius 2 is 1.22 bits per heavy atom. The van der Waals surface area contributed by atoms with Gasteiger partial charge in [-0.3, -0.25) is 4.79 Å². The first kappa shape index (κ1) is 40.7. The number of carbonyl (C=O) groups is 4. The monoisotopic (exact) mass is 741 g/mol. The van der Waals surface area contributed by atoms with Crippen molar-refractivity contribution in [2.45, 2.75) is 145 Å². The molecule has 10 nitrogen and oxygen atoms in total. The van der Waals surface area contributed by atoms with E-state index in [9.17, 15) is 19.2 Å². The molecule has 0 radical (unpaired) electrons. The van der Waals surface area contributed by atoms with Crippen molar-refractivity contribution in [3.8, 4) is 0 Å². The van der Waals surface area contributed by atoms with E-state index in [1.54, 1.807) is 41.5 Å². The molecule has 45 heavy (non-hydrogen) atoms. The van der Waals surface area contributed by atoms with Crippen molar-refractivity contribution in [2.24, 2.45) is 0 Å². The summed E-state index contributed by atoms with van der Waals surface area (Å²) in [6.45, 7) is 16.9. The SMILES string of the molecule is CC(C)(C)OC(=O)CCC(NC(=O)NCCCCC(NCc1cc[c]([Sn]([CH3])([CH3])[CH3])cc1)C(=O)OC(C)(C)C)C(=O)OC(C)(C)C. The molecule has 0 saturated carbocycles. The molecule has 11 heteroatoms. The van der Waals surface area contributed by atoms with Crippen molar-refractivity contribution in [2.75, 3.05) is 6.54 Å². The Balaban J connectivity index is 2.70. The zero-order valence-electron chi connectivity index (χ0n) is 29.8. The smallest absolute Gasteiger partial charge is 0.329 e. The fourth-order valence-electron chi connectivity index (χ4n) is 4.20. The molecule has 0 spiro atoms. The molecule has 0 bridgehead atoms. The van der Waals surface area contributed by atoms with E-state index in [0.29, 0.717) is 32.4 Å². The number of unbranched alkanes of at least 4 members (excludes halogenated alkanes) is 1. The molecule has 0 aromatic heterocycles. The Kier molecular flexibility index (Phi) is 15.9. The third-order valence-electron chi connectivity index (χ3n) is 6.32. The van der Waals surface area contributed by atoms with Crippen LogP contribution in [-0.2, 0) is 35.1 Å². The molecule has 0 fully saturated rings. The summed E-state index contributed by atoms with van der Waals surface area (Å²) in [5.74, 6) is -1.39. The maximum absolute atomic E-state index is 13.0. The van der Waals surface area contributed by atoms with Crippen molar-refractivity contribution >= 4 is 45.9 Å². The van der Waals surface area contributed by atoms with Gasteiger partial charge in [0.15, 0.2) is 0 Å². The van der Waals surface area contributed by atoms with Gasteiger partial charge in [0.05, 0.1) is 0 Å². The second-order valence-electron chi connectivity index (χ2n) is 15.5. The average molecular weight is 741 g/mol. The molecule has 0 aliphatic carbocycles. The number of rotatable bonds is 15. The molecule has 1 aromatic carbocycles. The van der Waals surface area contributed by atoms with Gasteiger partial charge in [-0.1, -0.05) is 0 Å². The van der Waals surface area contributed by atoms with Crippen LogP contribution in [0.5, 0.6) is 0 Å². The molecule has 2 amide bonds. The van der Waals surface area contributed by atoms with Crippen molar-refractivity contribution in [1.29, 1.82) is 0 Å². The molecule has 2 unspecified atom stereocenters. The molecule has 256 valence electrons. The first-order valence-corrected chi connectivity index (χ1v) is 26.0. The van der Waals surface area contributed by atoms with Crippen LogP contribution in [0.3, 0.4) is 0 Å². The van der Waals surface area contributed by atoms with Crippen molar-refractivity contribution < 1.29 is 33.4 Å². The van der Waals surface area contributed by atoms with E-state index in [-0.39, 0.29) is 18.8 Å². The Morgan fingerprint density at radius 1 is 0.711 bits per heavy atom. The van der Waals surface area contributed by atoms with Crippen LogP contribution < -0.4 is 19.5 Å². The Bertz CT molecular complexity index is 1110. The Labute approximate surface area is 275 Å².